The number of hydrogen-bond acceptors (Lipinski definition) is 1. The van der Waals surface area contributed by atoms with E-state index < -0.39 is 0 Å². The zero-order valence-corrected chi connectivity index (χ0v) is 10.6. The molecule has 1 rings (SSSR count). The van der Waals surface area contributed by atoms with Gasteiger partial charge in [0.25, 0.3) is 0 Å². The van der Waals surface area contributed by atoms with Crippen LogP contribution in [0.1, 0.15) is 40.0 Å². The Morgan fingerprint density at radius 3 is 2.50 bits per heavy atom. The molecule has 2 heteroatoms. The molecule has 2 atom stereocenters. The van der Waals surface area contributed by atoms with Crippen LogP contribution < -0.4 is 26.9 Å². The summed E-state index contributed by atoms with van der Waals surface area (Å²) in [4.78, 5) is 0. The molecule has 1 aliphatic heterocycles. The molecule has 1 aliphatic rings. The Hall–Kier alpha value is 0.690. The van der Waals surface area contributed by atoms with Gasteiger partial charge < -0.3 is 0 Å². The zero-order chi connectivity index (χ0) is 9.19. The average Bonchev–Trinajstić information content (AvgIpc) is 2.11. The summed E-state index contributed by atoms with van der Waals surface area (Å²) in [5, 5.41) is 0. The molecule has 12 heavy (non-hydrogen) atoms. The van der Waals surface area contributed by atoms with Crippen molar-refractivity contribution in [3.63, 3.8) is 0 Å². The summed E-state index contributed by atoms with van der Waals surface area (Å²) in [7, 11) is 0. The average molecular weight is 282 g/mol. The van der Waals surface area contributed by atoms with E-state index in [1.807, 2.05) is 0 Å². The van der Waals surface area contributed by atoms with Crippen molar-refractivity contribution in [1.82, 2.24) is 0 Å². The van der Waals surface area contributed by atoms with Crippen LogP contribution in [-0.2, 0) is 0 Å². The summed E-state index contributed by atoms with van der Waals surface area (Å²) in [5.41, 5.74) is 6.25. The van der Waals surface area contributed by atoms with Crippen LogP contribution in [0.2, 0.25) is 0 Å². The van der Waals surface area contributed by atoms with Crippen molar-refractivity contribution in [2.75, 3.05) is 4.43 Å². The normalized spacial score (nSPS) is 33.7. The molecule has 0 aliphatic carbocycles. The van der Waals surface area contributed by atoms with Crippen LogP contribution >= 0.6 is 0 Å². The molecular weight excluding hydrogens is 261 g/mol. The standard InChI is InChI=1S/C10H21IN/c1-8-4-5-9(10(2,3)12)11-7-6-8/h8-9H,4-7,12H2,1-3H3/q-1. The summed E-state index contributed by atoms with van der Waals surface area (Å²) in [6, 6.07) is 0. The molecule has 1 fully saturated rings. The maximum absolute atomic E-state index is 6.15. The van der Waals surface area contributed by atoms with E-state index in [2.05, 4.69) is 20.8 Å². The molecule has 1 heterocycles. The van der Waals surface area contributed by atoms with Crippen molar-refractivity contribution in [3.8, 4) is 0 Å². The predicted molar refractivity (Wildman–Crippen MR) is 49.9 cm³/mol. The van der Waals surface area contributed by atoms with Gasteiger partial charge in [-0.05, 0) is 0 Å². The minimum atomic E-state index is 0.0946. The van der Waals surface area contributed by atoms with Crippen LogP contribution in [-0.4, -0.2) is 13.9 Å². The first-order valence-corrected chi connectivity index (χ1v) is 7.64. The fraction of sp³-hybridized carbons (Fsp3) is 1.00. The fourth-order valence-corrected chi connectivity index (χ4v) is 5.71. The first-order chi connectivity index (χ1) is 5.50. The molecule has 0 aromatic carbocycles. The fourth-order valence-electron chi connectivity index (χ4n) is 1.60. The first kappa shape index (κ1) is 10.8. The van der Waals surface area contributed by atoms with E-state index in [1.54, 1.807) is 0 Å². The van der Waals surface area contributed by atoms with Crippen molar-refractivity contribution in [1.29, 1.82) is 0 Å². The molecule has 74 valence electrons. The topological polar surface area (TPSA) is 26.0 Å². The number of rotatable bonds is 1. The van der Waals surface area contributed by atoms with Gasteiger partial charge in [0.15, 0.2) is 0 Å². The van der Waals surface area contributed by atoms with Gasteiger partial charge in [0, 0.05) is 0 Å². The van der Waals surface area contributed by atoms with E-state index in [0.29, 0.717) is 21.2 Å². The van der Waals surface area contributed by atoms with Gasteiger partial charge in [-0.3, -0.25) is 0 Å². The van der Waals surface area contributed by atoms with Crippen molar-refractivity contribution < 1.29 is 21.2 Å². The van der Waals surface area contributed by atoms with Gasteiger partial charge in [0.05, 0.1) is 0 Å². The summed E-state index contributed by atoms with van der Waals surface area (Å²) >= 11 is 0.379. The Kier molecular flexibility index (Phi) is 3.83. The minimum absolute atomic E-state index is 0.0946. The molecule has 1 saturated heterocycles. The molecule has 0 saturated carbocycles. The third-order valence-electron chi connectivity index (χ3n) is 2.62. The van der Waals surface area contributed by atoms with Gasteiger partial charge in [-0.2, -0.15) is 0 Å². The molecular formula is C10H21IN-. The first-order valence-electron chi connectivity index (χ1n) is 4.86. The summed E-state index contributed by atoms with van der Waals surface area (Å²) < 4.78 is 2.35. The van der Waals surface area contributed by atoms with E-state index in [-0.39, 0.29) is 5.54 Å². The molecule has 0 aromatic heterocycles. The molecule has 2 unspecified atom stereocenters. The van der Waals surface area contributed by atoms with Crippen LogP contribution in [0, 0.1) is 5.92 Å². The molecule has 0 amide bonds. The third kappa shape index (κ3) is 3.21. The number of nitrogens with two attached hydrogens (primary N) is 1. The summed E-state index contributed by atoms with van der Waals surface area (Å²) in [6.45, 7) is 6.79. The van der Waals surface area contributed by atoms with Gasteiger partial charge >= 0.3 is 86.8 Å². The summed E-state index contributed by atoms with van der Waals surface area (Å²) in [6.07, 6.45) is 4.25. The number of hydrogen-bond donors (Lipinski definition) is 1. The predicted octanol–water partition coefficient (Wildman–Crippen LogP) is -0.999. The van der Waals surface area contributed by atoms with E-state index in [4.69, 9.17) is 5.73 Å². The summed E-state index contributed by atoms with van der Waals surface area (Å²) in [5.74, 6) is 0.956. The second kappa shape index (κ2) is 4.27. The monoisotopic (exact) mass is 282 g/mol. The number of halogens is 1. The van der Waals surface area contributed by atoms with Gasteiger partial charge in [0.2, 0.25) is 0 Å². The van der Waals surface area contributed by atoms with Gasteiger partial charge in [-0.25, -0.2) is 0 Å². The molecule has 1 nitrogen and oxygen atoms in total. The molecule has 0 spiro atoms. The Balaban J connectivity index is 2.46. The van der Waals surface area contributed by atoms with Gasteiger partial charge in [-0.15, -0.1) is 0 Å². The van der Waals surface area contributed by atoms with E-state index in [0.717, 1.165) is 9.84 Å². The van der Waals surface area contributed by atoms with Crippen LogP contribution in [0.4, 0.5) is 0 Å². The molecule has 0 aromatic rings. The molecule has 2 N–H and O–H groups in total. The van der Waals surface area contributed by atoms with Crippen molar-refractivity contribution in [2.45, 2.75) is 49.5 Å². The van der Waals surface area contributed by atoms with E-state index in [1.165, 1.54) is 23.7 Å². The number of alkyl halides is 2. The quantitative estimate of drug-likeness (QED) is 0.485. The van der Waals surface area contributed by atoms with Crippen LogP contribution in [0.5, 0.6) is 0 Å². The second-order valence-corrected chi connectivity index (χ2v) is 8.07. The molecule has 0 radical (unpaired) electrons. The van der Waals surface area contributed by atoms with E-state index >= 15 is 0 Å². The van der Waals surface area contributed by atoms with Crippen molar-refractivity contribution in [2.24, 2.45) is 11.7 Å². The van der Waals surface area contributed by atoms with Crippen molar-refractivity contribution >= 4 is 0 Å². The second-order valence-electron chi connectivity index (χ2n) is 4.60. The third-order valence-corrected chi connectivity index (χ3v) is 7.15. The molecule has 0 bridgehead atoms. The Bertz CT molecular complexity index is 139. The van der Waals surface area contributed by atoms with Crippen LogP contribution in [0.15, 0.2) is 0 Å². The Labute approximate surface area is 86.7 Å². The Morgan fingerprint density at radius 1 is 1.25 bits per heavy atom. The van der Waals surface area contributed by atoms with Crippen LogP contribution in [0.25, 0.3) is 0 Å². The van der Waals surface area contributed by atoms with E-state index in [9.17, 15) is 0 Å². The Morgan fingerprint density at radius 2 is 1.92 bits per heavy atom. The maximum atomic E-state index is 6.15. The van der Waals surface area contributed by atoms with Crippen LogP contribution in [0.3, 0.4) is 0 Å². The zero-order valence-electron chi connectivity index (χ0n) is 8.44. The van der Waals surface area contributed by atoms with Gasteiger partial charge in [0.1, 0.15) is 0 Å². The SMILES string of the molecule is CC1CC[I-]C(C(C)(C)N)CC1. The van der Waals surface area contributed by atoms with Gasteiger partial charge in [-0.1, -0.05) is 0 Å². The van der Waals surface area contributed by atoms with Crippen molar-refractivity contribution in [3.05, 3.63) is 0 Å².